The van der Waals surface area contributed by atoms with Crippen LogP contribution in [0.25, 0.3) is 0 Å². The molecule has 1 atom stereocenters. The zero-order valence-corrected chi connectivity index (χ0v) is 11.6. The molecule has 1 rings (SSSR count). The number of thiocarbonyl (C=S) groups is 1. The van der Waals surface area contributed by atoms with E-state index in [1.54, 1.807) is 19.0 Å². The first-order valence-corrected chi connectivity index (χ1v) is 5.95. The molecule has 0 fully saturated rings. The lowest BCUT2D eigenvalue weighted by molar-refractivity contribution is -0.142. The van der Waals surface area contributed by atoms with E-state index in [2.05, 4.69) is 4.74 Å². The molecular weight excluding hydrogens is 250 g/mol. The van der Waals surface area contributed by atoms with Crippen LogP contribution in [0.1, 0.15) is 18.1 Å². The third-order valence-corrected chi connectivity index (χ3v) is 2.82. The highest BCUT2D eigenvalue weighted by Gasteiger charge is 2.19. The number of methoxy groups -OCH3 is 1. The van der Waals surface area contributed by atoms with Gasteiger partial charge in [-0.15, -0.1) is 0 Å². The Hall–Kier alpha value is -1.62. The SMILES string of the molecule is COC(=O)CC(OC(=S)N(C)C)c1ccccc1. The number of rotatable bonds is 4. The molecule has 0 aliphatic rings. The Morgan fingerprint density at radius 3 is 2.44 bits per heavy atom. The van der Waals surface area contributed by atoms with Crippen molar-refractivity contribution in [3.63, 3.8) is 0 Å². The van der Waals surface area contributed by atoms with Crippen LogP contribution in [0.2, 0.25) is 0 Å². The van der Waals surface area contributed by atoms with Gasteiger partial charge in [-0.2, -0.15) is 0 Å². The van der Waals surface area contributed by atoms with E-state index in [9.17, 15) is 4.79 Å². The number of hydrogen-bond donors (Lipinski definition) is 0. The van der Waals surface area contributed by atoms with Crippen molar-refractivity contribution < 1.29 is 14.3 Å². The lowest BCUT2D eigenvalue weighted by Gasteiger charge is -2.22. The Labute approximate surface area is 112 Å². The first-order valence-electron chi connectivity index (χ1n) is 5.54. The number of ether oxygens (including phenoxy) is 2. The highest BCUT2D eigenvalue weighted by atomic mass is 32.1. The second-order valence-electron chi connectivity index (χ2n) is 3.96. The van der Waals surface area contributed by atoms with Crippen molar-refractivity contribution in [3.05, 3.63) is 35.9 Å². The van der Waals surface area contributed by atoms with Crippen LogP contribution < -0.4 is 0 Å². The molecule has 1 aromatic carbocycles. The van der Waals surface area contributed by atoms with Gasteiger partial charge < -0.3 is 14.4 Å². The van der Waals surface area contributed by atoms with E-state index in [-0.39, 0.29) is 12.4 Å². The molecule has 18 heavy (non-hydrogen) atoms. The van der Waals surface area contributed by atoms with Gasteiger partial charge in [0.2, 0.25) is 0 Å². The van der Waals surface area contributed by atoms with Gasteiger partial charge in [-0.3, -0.25) is 4.79 Å². The number of benzene rings is 1. The van der Waals surface area contributed by atoms with Crippen LogP contribution in [0.3, 0.4) is 0 Å². The van der Waals surface area contributed by atoms with E-state index >= 15 is 0 Å². The van der Waals surface area contributed by atoms with Crippen LogP contribution in [-0.2, 0) is 14.3 Å². The third-order valence-electron chi connectivity index (χ3n) is 2.36. The lowest BCUT2D eigenvalue weighted by atomic mass is 10.1. The van der Waals surface area contributed by atoms with Crippen LogP contribution >= 0.6 is 12.2 Å². The number of hydrogen-bond acceptors (Lipinski definition) is 4. The third kappa shape index (κ3) is 4.33. The first kappa shape index (κ1) is 14.4. The summed E-state index contributed by atoms with van der Waals surface area (Å²) in [6, 6.07) is 9.48. The second-order valence-corrected chi connectivity index (χ2v) is 4.31. The largest absolute Gasteiger partial charge is 0.469 e. The Morgan fingerprint density at radius 1 is 1.33 bits per heavy atom. The molecule has 98 valence electrons. The highest BCUT2D eigenvalue weighted by molar-refractivity contribution is 7.80. The maximum Gasteiger partial charge on any atom is 0.309 e. The molecule has 0 saturated carbocycles. The first-order chi connectivity index (χ1) is 8.54. The smallest absolute Gasteiger partial charge is 0.309 e. The van der Waals surface area contributed by atoms with E-state index in [0.717, 1.165) is 5.56 Å². The fraction of sp³-hybridized carbons (Fsp3) is 0.385. The van der Waals surface area contributed by atoms with E-state index in [0.29, 0.717) is 5.17 Å². The molecule has 4 nitrogen and oxygen atoms in total. The molecule has 0 N–H and O–H groups in total. The molecule has 0 aliphatic heterocycles. The van der Waals surface area contributed by atoms with Crippen molar-refractivity contribution >= 4 is 23.4 Å². The second kappa shape index (κ2) is 6.96. The number of carbonyl (C=O) groups excluding carboxylic acids is 1. The maximum atomic E-state index is 11.4. The maximum absolute atomic E-state index is 11.4. The van der Waals surface area contributed by atoms with Crippen molar-refractivity contribution in [1.29, 1.82) is 0 Å². The fourth-order valence-electron chi connectivity index (χ4n) is 1.36. The molecule has 0 saturated heterocycles. The quantitative estimate of drug-likeness (QED) is 0.617. The lowest BCUT2D eigenvalue weighted by Crippen LogP contribution is -2.25. The Bertz CT molecular complexity index is 406. The zero-order chi connectivity index (χ0) is 13.5. The molecule has 0 spiro atoms. The minimum atomic E-state index is -0.423. The molecule has 0 radical (unpaired) electrons. The summed E-state index contributed by atoms with van der Waals surface area (Å²) in [7, 11) is 4.94. The van der Waals surface area contributed by atoms with E-state index in [1.807, 2.05) is 30.3 Å². The number of esters is 1. The predicted octanol–water partition coefficient (Wildman–Crippen LogP) is 2.15. The molecule has 0 bridgehead atoms. The molecule has 0 aliphatic carbocycles. The van der Waals surface area contributed by atoms with Gasteiger partial charge in [0.1, 0.15) is 6.10 Å². The summed E-state index contributed by atoms with van der Waals surface area (Å²) in [5, 5.41) is 0.341. The Kier molecular flexibility index (Phi) is 5.58. The van der Waals surface area contributed by atoms with E-state index in [4.69, 9.17) is 17.0 Å². The molecule has 0 heterocycles. The Morgan fingerprint density at radius 2 is 1.94 bits per heavy atom. The van der Waals surface area contributed by atoms with Crippen molar-refractivity contribution in [3.8, 4) is 0 Å². The molecule has 1 unspecified atom stereocenters. The topological polar surface area (TPSA) is 38.8 Å². The average Bonchev–Trinajstić information content (AvgIpc) is 2.38. The summed E-state index contributed by atoms with van der Waals surface area (Å²) in [6.07, 6.45) is -0.289. The van der Waals surface area contributed by atoms with Gasteiger partial charge in [-0.25, -0.2) is 0 Å². The van der Waals surface area contributed by atoms with Crippen molar-refractivity contribution in [1.82, 2.24) is 4.90 Å². The zero-order valence-electron chi connectivity index (χ0n) is 10.8. The standard InChI is InChI=1S/C13H17NO3S/c1-14(2)13(18)17-11(9-12(15)16-3)10-7-5-4-6-8-10/h4-8,11H,9H2,1-3H3. The van der Waals surface area contributed by atoms with Gasteiger partial charge in [0.05, 0.1) is 13.5 Å². The molecular formula is C13H17NO3S. The van der Waals surface area contributed by atoms with Crippen LogP contribution in [0, 0.1) is 0 Å². The van der Waals surface area contributed by atoms with Crippen LogP contribution in [0.15, 0.2) is 30.3 Å². The minimum Gasteiger partial charge on any atom is -0.469 e. The van der Waals surface area contributed by atoms with Crippen molar-refractivity contribution in [2.75, 3.05) is 21.2 Å². The number of carbonyl (C=O) groups is 1. The van der Waals surface area contributed by atoms with Gasteiger partial charge >= 0.3 is 5.97 Å². The summed E-state index contributed by atoms with van der Waals surface area (Å²) in [6.45, 7) is 0. The van der Waals surface area contributed by atoms with E-state index < -0.39 is 6.10 Å². The summed E-state index contributed by atoms with van der Waals surface area (Å²) in [5.74, 6) is -0.328. The number of nitrogens with zero attached hydrogens (tertiary/aromatic N) is 1. The van der Waals surface area contributed by atoms with Gasteiger partial charge in [-0.1, -0.05) is 30.3 Å². The van der Waals surface area contributed by atoms with Gasteiger partial charge in [0.15, 0.2) is 0 Å². The fourth-order valence-corrected chi connectivity index (χ4v) is 1.47. The van der Waals surface area contributed by atoms with Crippen LogP contribution in [-0.4, -0.2) is 37.2 Å². The van der Waals surface area contributed by atoms with E-state index in [1.165, 1.54) is 7.11 Å². The molecule has 5 heteroatoms. The summed E-state index contributed by atoms with van der Waals surface area (Å²) in [5.41, 5.74) is 0.895. The van der Waals surface area contributed by atoms with Crippen molar-refractivity contribution in [2.45, 2.75) is 12.5 Å². The minimum absolute atomic E-state index is 0.133. The van der Waals surface area contributed by atoms with Crippen molar-refractivity contribution in [2.24, 2.45) is 0 Å². The van der Waals surface area contributed by atoms with Gasteiger partial charge in [-0.05, 0) is 17.8 Å². The van der Waals surface area contributed by atoms with Crippen LogP contribution in [0.4, 0.5) is 0 Å². The summed E-state index contributed by atoms with van der Waals surface area (Å²) >= 11 is 5.09. The molecule has 0 amide bonds. The van der Waals surface area contributed by atoms with Crippen LogP contribution in [0.5, 0.6) is 0 Å². The molecule has 0 aromatic heterocycles. The molecule has 1 aromatic rings. The average molecular weight is 267 g/mol. The highest BCUT2D eigenvalue weighted by Crippen LogP contribution is 2.22. The normalized spacial score (nSPS) is 11.5. The Balaban J connectivity index is 2.82. The van der Waals surface area contributed by atoms with Gasteiger partial charge in [0.25, 0.3) is 5.17 Å². The summed E-state index contributed by atoms with van der Waals surface area (Å²) < 4.78 is 10.3. The predicted molar refractivity (Wildman–Crippen MR) is 73.2 cm³/mol. The summed E-state index contributed by atoms with van der Waals surface area (Å²) in [4.78, 5) is 13.1. The van der Waals surface area contributed by atoms with Gasteiger partial charge in [0, 0.05) is 14.1 Å². The monoisotopic (exact) mass is 267 g/mol.